The zero-order chi connectivity index (χ0) is 15.6. The number of nitrogens with zero attached hydrogens (tertiary/aromatic N) is 4. The summed E-state index contributed by atoms with van der Waals surface area (Å²) in [6.07, 6.45) is 5.92. The lowest BCUT2D eigenvalue weighted by Gasteiger charge is -2.20. The summed E-state index contributed by atoms with van der Waals surface area (Å²) in [5, 5.41) is 8.47. The van der Waals surface area contributed by atoms with Crippen molar-refractivity contribution in [1.82, 2.24) is 15.2 Å². The van der Waals surface area contributed by atoms with Crippen molar-refractivity contribution >= 4 is 5.69 Å². The Kier molecular flexibility index (Phi) is 3.54. The van der Waals surface area contributed by atoms with Crippen LogP contribution in [0.15, 0.2) is 47.1 Å². The number of hydrogen-bond acceptors (Lipinski definition) is 5. The predicted octanol–water partition coefficient (Wildman–Crippen LogP) is 3.71. The van der Waals surface area contributed by atoms with Gasteiger partial charge < -0.3 is 9.32 Å². The van der Waals surface area contributed by atoms with Gasteiger partial charge in [-0.3, -0.25) is 4.98 Å². The van der Waals surface area contributed by atoms with E-state index in [0.29, 0.717) is 11.8 Å². The monoisotopic (exact) mass is 306 g/mol. The summed E-state index contributed by atoms with van der Waals surface area (Å²) in [4.78, 5) is 6.41. The lowest BCUT2D eigenvalue weighted by atomic mass is 10.1. The van der Waals surface area contributed by atoms with Crippen molar-refractivity contribution in [3.8, 4) is 22.9 Å². The third-order valence-electron chi connectivity index (χ3n) is 4.18. The van der Waals surface area contributed by atoms with Crippen LogP contribution in [0.2, 0.25) is 0 Å². The van der Waals surface area contributed by atoms with E-state index in [2.05, 4.69) is 45.2 Å². The molecule has 0 spiro atoms. The summed E-state index contributed by atoms with van der Waals surface area (Å²) >= 11 is 0. The number of pyridine rings is 1. The molecule has 0 saturated carbocycles. The number of aryl methyl sites for hydroxylation is 1. The summed E-state index contributed by atoms with van der Waals surface area (Å²) in [7, 11) is 0. The standard InChI is InChI=1S/C18H18N4O/c1-13-4-5-16(22-10-2-3-11-22)15(12-13)18-21-20-17(23-18)14-6-8-19-9-7-14/h4-9,12H,2-3,10-11H2,1H3. The van der Waals surface area contributed by atoms with Crippen LogP contribution in [0.3, 0.4) is 0 Å². The van der Waals surface area contributed by atoms with E-state index in [0.717, 1.165) is 24.2 Å². The van der Waals surface area contributed by atoms with Gasteiger partial charge in [-0.1, -0.05) is 11.6 Å². The second-order valence-corrected chi connectivity index (χ2v) is 5.86. The molecular weight excluding hydrogens is 288 g/mol. The highest BCUT2D eigenvalue weighted by Crippen LogP contribution is 2.34. The Hall–Kier alpha value is -2.69. The molecule has 2 aromatic heterocycles. The van der Waals surface area contributed by atoms with Gasteiger partial charge >= 0.3 is 0 Å². The maximum Gasteiger partial charge on any atom is 0.250 e. The summed E-state index contributed by atoms with van der Waals surface area (Å²) in [5.41, 5.74) is 4.26. The lowest BCUT2D eigenvalue weighted by molar-refractivity contribution is 0.584. The molecule has 0 radical (unpaired) electrons. The van der Waals surface area contributed by atoms with Crippen LogP contribution >= 0.6 is 0 Å². The minimum Gasteiger partial charge on any atom is -0.416 e. The van der Waals surface area contributed by atoms with Gasteiger partial charge in [-0.2, -0.15) is 0 Å². The van der Waals surface area contributed by atoms with Gasteiger partial charge in [-0.25, -0.2) is 0 Å². The van der Waals surface area contributed by atoms with E-state index in [9.17, 15) is 0 Å². The first-order chi connectivity index (χ1) is 11.3. The highest BCUT2D eigenvalue weighted by atomic mass is 16.4. The Morgan fingerprint density at radius 3 is 2.48 bits per heavy atom. The minimum atomic E-state index is 0.524. The van der Waals surface area contributed by atoms with Gasteiger partial charge in [0.15, 0.2) is 0 Å². The summed E-state index contributed by atoms with van der Waals surface area (Å²) in [5.74, 6) is 1.10. The first-order valence-corrected chi connectivity index (χ1v) is 7.91. The van der Waals surface area contributed by atoms with E-state index in [1.165, 1.54) is 24.1 Å². The van der Waals surface area contributed by atoms with Crippen LogP contribution in [0.25, 0.3) is 22.9 Å². The molecule has 116 valence electrons. The lowest BCUT2D eigenvalue weighted by Crippen LogP contribution is -2.18. The van der Waals surface area contributed by atoms with Crippen molar-refractivity contribution in [3.05, 3.63) is 48.3 Å². The Morgan fingerprint density at radius 1 is 0.957 bits per heavy atom. The first-order valence-electron chi connectivity index (χ1n) is 7.91. The Balaban J connectivity index is 1.76. The SMILES string of the molecule is Cc1ccc(N2CCCC2)c(-c2nnc(-c3ccncc3)o2)c1. The van der Waals surface area contributed by atoms with E-state index in [1.54, 1.807) is 12.4 Å². The van der Waals surface area contributed by atoms with Gasteiger partial charge in [-0.15, -0.1) is 10.2 Å². The summed E-state index contributed by atoms with van der Waals surface area (Å²) in [6.45, 7) is 4.25. The molecular formula is C18H18N4O. The van der Waals surface area contributed by atoms with Crippen molar-refractivity contribution in [3.63, 3.8) is 0 Å². The number of aromatic nitrogens is 3. The molecule has 5 nitrogen and oxygen atoms in total. The fourth-order valence-corrected chi connectivity index (χ4v) is 3.00. The van der Waals surface area contributed by atoms with Crippen LogP contribution in [0.1, 0.15) is 18.4 Å². The molecule has 4 rings (SSSR count). The molecule has 1 aromatic carbocycles. The zero-order valence-corrected chi connectivity index (χ0v) is 13.1. The highest BCUT2D eigenvalue weighted by Gasteiger charge is 2.20. The molecule has 0 atom stereocenters. The van der Waals surface area contributed by atoms with E-state index in [1.807, 2.05) is 12.1 Å². The molecule has 0 unspecified atom stereocenters. The van der Waals surface area contributed by atoms with Crippen molar-refractivity contribution in [2.45, 2.75) is 19.8 Å². The minimum absolute atomic E-state index is 0.524. The van der Waals surface area contributed by atoms with Gasteiger partial charge in [0.05, 0.1) is 5.56 Å². The second kappa shape index (κ2) is 5.83. The van der Waals surface area contributed by atoms with Gasteiger partial charge in [0.1, 0.15) is 0 Å². The van der Waals surface area contributed by atoms with Crippen LogP contribution in [0.5, 0.6) is 0 Å². The van der Waals surface area contributed by atoms with Gasteiger partial charge in [-0.05, 0) is 44.0 Å². The predicted molar refractivity (Wildman–Crippen MR) is 89.1 cm³/mol. The van der Waals surface area contributed by atoms with Gasteiger partial charge in [0.25, 0.3) is 0 Å². The molecule has 3 aromatic rings. The average molecular weight is 306 g/mol. The largest absolute Gasteiger partial charge is 0.416 e. The van der Waals surface area contributed by atoms with Crippen molar-refractivity contribution in [1.29, 1.82) is 0 Å². The molecule has 0 bridgehead atoms. The zero-order valence-electron chi connectivity index (χ0n) is 13.1. The van der Waals surface area contributed by atoms with Crippen LogP contribution in [-0.2, 0) is 0 Å². The molecule has 5 heteroatoms. The Bertz CT molecular complexity index is 807. The Morgan fingerprint density at radius 2 is 1.70 bits per heavy atom. The smallest absolute Gasteiger partial charge is 0.250 e. The highest BCUT2D eigenvalue weighted by molar-refractivity contribution is 5.75. The van der Waals surface area contributed by atoms with Gasteiger partial charge in [0, 0.05) is 36.7 Å². The fourth-order valence-electron chi connectivity index (χ4n) is 3.00. The summed E-state index contributed by atoms with van der Waals surface area (Å²) < 4.78 is 5.93. The average Bonchev–Trinajstić information content (AvgIpc) is 3.27. The Labute approximate surface area is 135 Å². The van der Waals surface area contributed by atoms with Crippen molar-refractivity contribution in [2.75, 3.05) is 18.0 Å². The molecule has 3 heterocycles. The van der Waals surface area contributed by atoms with Crippen LogP contribution < -0.4 is 4.90 Å². The van der Waals surface area contributed by atoms with E-state index in [4.69, 9.17) is 4.42 Å². The molecule has 1 fully saturated rings. The van der Waals surface area contributed by atoms with Crippen LogP contribution in [0, 0.1) is 6.92 Å². The van der Waals surface area contributed by atoms with E-state index < -0.39 is 0 Å². The van der Waals surface area contributed by atoms with E-state index in [-0.39, 0.29) is 0 Å². The topological polar surface area (TPSA) is 55.1 Å². The number of benzene rings is 1. The number of rotatable bonds is 3. The fraction of sp³-hybridized carbons (Fsp3) is 0.278. The molecule has 23 heavy (non-hydrogen) atoms. The molecule has 0 N–H and O–H groups in total. The first kappa shape index (κ1) is 13.9. The van der Waals surface area contributed by atoms with E-state index >= 15 is 0 Å². The number of hydrogen-bond donors (Lipinski definition) is 0. The third-order valence-corrected chi connectivity index (χ3v) is 4.18. The normalized spacial score (nSPS) is 14.4. The van der Waals surface area contributed by atoms with Crippen LogP contribution in [-0.4, -0.2) is 28.3 Å². The summed E-state index contributed by atoms with van der Waals surface area (Å²) in [6, 6.07) is 10.2. The van der Waals surface area contributed by atoms with Crippen molar-refractivity contribution in [2.24, 2.45) is 0 Å². The third kappa shape index (κ3) is 2.70. The second-order valence-electron chi connectivity index (χ2n) is 5.86. The van der Waals surface area contributed by atoms with Crippen LogP contribution in [0.4, 0.5) is 5.69 Å². The molecule has 1 aliphatic heterocycles. The number of anilines is 1. The molecule has 0 aliphatic carbocycles. The van der Waals surface area contributed by atoms with Gasteiger partial charge in [0.2, 0.25) is 11.8 Å². The van der Waals surface area contributed by atoms with Crippen molar-refractivity contribution < 1.29 is 4.42 Å². The molecule has 1 aliphatic rings. The molecule has 1 saturated heterocycles. The quantitative estimate of drug-likeness (QED) is 0.738. The molecule has 0 amide bonds. The maximum absolute atomic E-state index is 5.93. The maximum atomic E-state index is 5.93.